The average molecular weight is 580 g/mol. The summed E-state index contributed by atoms with van der Waals surface area (Å²) in [4.78, 5) is 58.6. The molecule has 1 aromatic carbocycles. The molecule has 10 heteroatoms. The molecule has 4 heterocycles. The van der Waals surface area contributed by atoms with Gasteiger partial charge in [0, 0.05) is 31.7 Å². The molecule has 1 aromatic rings. The van der Waals surface area contributed by atoms with Gasteiger partial charge in [-0.05, 0) is 46.1 Å². The number of amides is 3. The first-order valence-corrected chi connectivity index (χ1v) is 14.8. The first-order chi connectivity index (χ1) is 20.0. The lowest BCUT2D eigenvalue weighted by molar-refractivity contribution is -0.161. The van der Waals surface area contributed by atoms with Gasteiger partial charge in [0.25, 0.3) is 0 Å². The number of aliphatic hydroxyl groups excluding tert-OH is 1. The van der Waals surface area contributed by atoms with E-state index in [1.807, 2.05) is 63.3 Å². The molecule has 0 radical (unpaired) electrons. The van der Waals surface area contributed by atoms with Crippen molar-refractivity contribution in [1.29, 1.82) is 0 Å². The largest absolute Gasteiger partial charge is 0.455 e. The summed E-state index contributed by atoms with van der Waals surface area (Å²) < 4.78 is 12.6. The molecular weight excluding hydrogens is 538 g/mol. The molecule has 0 aliphatic carbocycles. The molecule has 0 aromatic heterocycles. The van der Waals surface area contributed by atoms with E-state index >= 15 is 0 Å². The second-order valence-electron chi connectivity index (χ2n) is 12.6. The van der Waals surface area contributed by atoms with Gasteiger partial charge in [0.15, 0.2) is 0 Å². The number of carbonyl (C=O) groups is 4. The van der Waals surface area contributed by atoms with Crippen molar-refractivity contribution < 1.29 is 33.8 Å². The van der Waals surface area contributed by atoms with Crippen LogP contribution >= 0.6 is 0 Å². The van der Waals surface area contributed by atoms with Crippen LogP contribution in [0.25, 0.3) is 0 Å². The van der Waals surface area contributed by atoms with Gasteiger partial charge in [-0.25, -0.2) is 0 Å². The van der Waals surface area contributed by atoms with Crippen LogP contribution in [0.2, 0.25) is 0 Å². The molecule has 10 nitrogen and oxygen atoms in total. The van der Waals surface area contributed by atoms with E-state index < -0.39 is 53.2 Å². The Bertz CT molecular complexity index is 1270. The number of carbonyl (C=O) groups excluding carboxylic acids is 4. The van der Waals surface area contributed by atoms with E-state index in [0.717, 1.165) is 0 Å². The van der Waals surface area contributed by atoms with Crippen LogP contribution < -0.4 is 5.32 Å². The average Bonchev–Trinajstić information content (AvgIpc) is 3.58. The molecule has 2 fully saturated rings. The molecule has 5 bridgehead atoms. The summed E-state index contributed by atoms with van der Waals surface area (Å²) in [5.41, 5.74) is -1.22. The number of nitrogens with one attached hydrogen (secondary N) is 1. The van der Waals surface area contributed by atoms with E-state index in [1.54, 1.807) is 24.0 Å². The number of nitrogens with zero attached hydrogens (tertiary/aromatic N) is 2. The third-order valence-corrected chi connectivity index (χ3v) is 8.72. The molecule has 0 saturated carbocycles. The summed E-state index contributed by atoms with van der Waals surface area (Å²) >= 11 is 0. The van der Waals surface area contributed by atoms with Crippen molar-refractivity contribution in [3.8, 4) is 0 Å². The molecule has 7 atom stereocenters. The summed E-state index contributed by atoms with van der Waals surface area (Å²) in [6.07, 6.45) is 6.72. The molecular formula is C32H41N3O7. The first-order valence-electron chi connectivity index (χ1n) is 14.8. The summed E-state index contributed by atoms with van der Waals surface area (Å²) in [7, 11) is 0. The van der Waals surface area contributed by atoms with E-state index in [2.05, 4.69) is 5.32 Å². The summed E-state index contributed by atoms with van der Waals surface area (Å²) in [5, 5.41) is 12.6. The lowest BCUT2D eigenvalue weighted by Gasteiger charge is -2.41. The number of cyclic esters (lactones) is 1. The van der Waals surface area contributed by atoms with E-state index in [-0.39, 0.29) is 50.3 Å². The van der Waals surface area contributed by atoms with Crippen LogP contribution in [-0.2, 0) is 28.7 Å². The van der Waals surface area contributed by atoms with Gasteiger partial charge in [-0.3, -0.25) is 19.2 Å². The lowest BCUT2D eigenvalue weighted by Crippen LogP contribution is -2.59. The van der Waals surface area contributed by atoms with Crippen LogP contribution in [0.4, 0.5) is 0 Å². The van der Waals surface area contributed by atoms with E-state index in [4.69, 9.17) is 9.47 Å². The maximum Gasteiger partial charge on any atom is 0.313 e. The first kappa shape index (κ1) is 30.0. The van der Waals surface area contributed by atoms with Gasteiger partial charge in [-0.2, -0.15) is 0 Å². The Morgan fingerprint density at radius 3 is 2.50 bits per heavy atom. The number of hydrogen-bond acceptors (Lipinski definition) is 7. The Morgan fingerprint density at radius 1 is 1.07 bits per heavy atom. The molecule has 4 aliphatic rings. The number of rotatable bonds is 4. The number of aliphatic hydroxyl groups is 1. The van der Waals surface area contributed by atoms with Crippen LogP contribution in [-0.4, -0.2) is 87.6 Å². The zero-order valence-electron chi connectivity index (χ0n) is 24.7. The van der Waals surface area contributed by atoms with Crippen LogP contribution in [0.5, 0.6) is 0 Å². The fraction of sp³-hybridized carbons (Fsp3) is 0.562. The van der Waals surface area contributed by atoms with E-state index in [9.17, 15) is 24.3 Å². The Kier molecular flexibility index (Phi) is 8.31. The highest BCUT2D eigenvalue weighted by molar-refractivity contribution is 5.99. The molecule has 4 aliphatic heterocycles. The van der Waals surface area contributed by atoms with Gasteiger partial charge in [-0.1, -0.05) is 54.6 Å². The number of ether oxygens (including phenoxy) is 2. The topological polar surface area (TPSA) is 125 Å². The smallest absolute Gasteiger partial charge is 0.313 e. The zero-order valence-corrected chi connectivity index (χ0v) is 24.7. The SMILES string of the molecule is C[C@@H]1NC(=O)CC/C=C\CN(C(C)(C)C)C(=O)[C@H]2N(CCCO)C(=O)[C@@H]3[C@@H](C(=O)O[C@H]1c1ccccc1)[C@H]1C=C[C@]32O1. The number of benzene rings is 1. The summed E-state index contributed by atoms with van der Waals surface area (Å²) in [5.74, 6) is -3.38. The number of fused-ring (bicyclic) bond motifs is 2. The van der Waals surface area contributed by atoms with Crippen LogP contribution in [0.3, 0.4) is 0 Å². The van der Waals surface area contributed by atoms with Gasteiger partial charge >= 0.3 is 5.97 Å². The molecule has 3 amide bonds. The summed E-state index contributed by atoms with van der Waals surface area (Å²) in [6.45, 7) is 7.83. The number of hydrogen-bond donors (Lipinski definition) is 2. The number of likely N-dealkylation sites (tertiary alicyclic amines) is 1. The number of esters is 1. The second kappa shape index (κ2) is 11.6. The minimum absolute atomic E-state index is 0.150. The molecule has 2 saturated heterocycles. The lowest BCUT2D eigenvalue weighted by atomic mass is 9.74. The molecule has 0 unspecified atom stereocenters. The third kappa shape index (κ3) is 5.26. The minimum atomic E-state index is -1.33. The molecule has 1 spiro atoms. The maximum absolute atomic E-state index is 14.4. The van der Waals surface area contributed by atoms with Crippen LogP contribution in [0, 0.1) is 11.8 Å². The van der Waals surface area contributed by atoms with Crippen molar-refractivity contribution in [3.63, 3.8) is 0 Å². The van der Waals surface area contributed by atoms with E-state index in [0.29, 0.717) is 12.0 Å². The fourth-order valence-electron chi connectivity index (χ4n) is 6.76. The van der Waals surface area contributed by atoms with Crippen LogP contribution in [0.1, 0.15) is 58.6 Å². The third-order valence-electron chi connectivity index (χ3n) is 8.72. The molecule has 42 heavy (non-hydrogen) atoms. The highest BCUT2D eigenvalue weighted by Crippen LogP contribution is 2.56. The Labute approximate surface area is 246 Å². The quantitative estimate of drug-likeness (QED) is 0.414. The van der Waals surface area contributed by atoms with Crippen molar-refractivity contribution in [2.75, 3.05) is 19.7 Å². The van der Waals surface area contributed by atoms with Crippen molar-refractivity contribution >= 4 is 23.7 Å². The van der Waals surface area contributed by atoms with Gasteiger partial charge in [-0.15, -0.1) is 0 Å². The molecule has 5 rings (SSSR count). The highest BCUT2D eigenvalue weighted by Gasteiger charge is 2.73. The van der Waals surface area contributed by atoms with Crippen molar-refractivity contribution in [1.82, 2.24) is 15.1 Å². The highest BCUT2D eigenvalue weighted by atomic mass is 16.6. The fourth-order valence-corrected chi connectivity index (χ4v) is 6.76. The van der Waals surface area contributed by atoms with Crippen molar-refractivity contribution in [3.05, 3.63) is 60.2 Å². The number of allylic oxidation sites excluding steroid dienone is 1. The normalized spacial score (nSPS) is 34.4. The van der Waals surface area contributed by atoms with Gasteiger partial charge in [0.2, 0.25) is 17.7 Å². The monoisotopic (exact) mass is 579 g/mol. The van der Waals surface area contributed by atoms with Crippen LogP contribution in [0.15, 0.2) is 54.6 Å². The summed E-state index contributed by atoms with van der Waals surface area (Å²) in [6, 6.07) is 7.64. The zero-order chi connectivity index (χ0) is 30.2. The predicted octanol–water partition coefficient (Wildman–Crippen LogP) is 2.29. The minimum Gasteiger partial charge on any atom is -0.455 e. The Hall–Kier alpha value is -3.50. The maximum atomic E-state index is 14.4. The molecule has 2 N–H and O–H groups in total. The Balaban J connectivity index is 1.59. The molecule has 226 valence electrons. The standard InChI is InChI=1S/C32H41N3O7/c1-20-26(21-12-7-5-8-13-21)41-30(40)24-22-15-16-32(42-22)25(24)28(38)34(17-11-19-36)27(32)29(39)35(31(2,3)4)18-10-6-9-14-23(37)33-20/h5-8,10,12-13,15-16,20,22,24-27,36H,9,11,14,17-19H2,1-4H3,(H,33,37)/b10-6-/t20-,22+,24-,25-,26+,27+,32-/m0/s1. The van der Waals surface area contributed by atoms with Gasteiger partial charge < -0.3 is 29.7 Å². The van der Waals surface area contributed by atoms with Gasteiger partial charge in [0.05, 0.1) is 18.1 Å². The Morgan fingerprint density at radius 2 is 1.81 bits per heavy atom. The van der Waals surface area contributed by atoms with Crippen molar-refractivity contribution in [2.24, 2.45) is 11.8 Å². The van der Waals surface area contributed by atoms with E-state index in [1.165, 1.54) is 4.90 Å². The second-order valence-corrected chi connectivity index (χ2v) is 12.6. The predicted molar refractivity (Wildman–Crippen MR) is 154 cm³/mol. The van der Waals surface area contributed by atoms with Crippen molar-refractivity contribution in [2.45, 2.75) is 82.4 Å². The van der Waals surface area contributed by atoms with Gasteiger partial charge in [0.1, 0.15) is 23.7 Å².